The molecule has 1 amide bonds. The maximum Gasteiger partial charge on any atom is 0.230 e. The fourth-order valence-corrected chi connectivity index (χ4v) is 5.08. The summed E-state index contributed by atoms with van der Waals surface area (Å²) in [6, 6.07) is 17.5. The van der Waals surface area contributed by atoms with E-state index in [-0.39, 0.29) is 18.4 Å². The van der Waals surface area contributed by atoms with Gasteiger partial charge in [0.15, 0.2) is 0 Å². The molecule has 1 aliphatic heterocycles. The number of anilines is 1. The lowest BCUT2D eigenvalue weighted by Crippen LogP contribution is -2.56. The third-order valence-electron chi connectivity index (χ3n) is 6.86. The van der Waals surface area contributed by atoms with E-state index < -0.39 is 0 Å². The Kier molecular flexibility index (Phi) is 6.53. The van der Waals surface area contributed by atoms with Crippen LogP contribution in [0.3, 0.4) is 0 Å². The molecule has 2 aromatic heterocycles. The summed E-state index contributed by atoms with van der Waals surface area (Å²) in [5, 5.41) is 12.8. The first-order valence-corrected chi connectivity index (χ1v) is 12.5. The van der Waals surface area contributed by atoms with Crippen LogP contribution in [-0.4, -0.2) is 61.4 Å². The first-order chi connectivity index (χ1) is 17.0. The van der Waals surface area contributed by atoms with Gasteiger partial charge in [-0.05, 0) is 50.5 Å². The largest absolute Gasteiger partial charge is 0.368 e. The highest BCUT2D eigenvalue weighted by atomic mass is 16.2. The number of carbonyl (C=O) groups is 1. The summed E-state index contributed by atoms with van der Waals surface area (Å²) in [6.45, 7) is 8.74. The second kappa shape index (κ2) is 9.90. The van der Waals surface area contributed by atoms with Gasteiger partial charge in [0.25, 0.3) is 0 Å². The number of fused-ring (bicyclic) bond motifs is 1. The number of amides is 1. The summed E-state index contributed by atoms with van der Waals surface area (Å²) in [5.74, 6) is 0.693. The second-order valence-electron chi connectivity index (χ2n) is 9.53. The molecule has 0 radical (unpaired) electrons. The normalized spacial score (nSPS) is 16.4. The number of nitrogens with zero attached hydrogens (tertiary/aromatic N) is 6. The first-order valence-electron chi connectivity index (χ1n) is 12.5. The van der Waals surface area contributed by atoms with Gasteiger partial charge in [-0.1, -0.05) is 37.3 Å². The Morgan fingerprint density at radius 3 is 2.69 bits per heavy atom. The molecule has 4 aromatic rings. The molecule has 2 aromatic carbocycles. The minimum atomic E-state index is 0.0680. The van der Waals surface area contributed by atoms with E-state index >= 15 is 0 Å². The second-order valence-corrected chi connectivity index (χ2v) is 9.53. The van der Waals surface area contributed by atoms with Crippen molar-refractivity contribution in [1.82, 2.24) is 29.9 Å². The van der Waals surface area contributed by atoms with Crippen molar-refractivity contribution in [3.8, 4) is 0 Å². The Balaban J connectivity index is 1.42. The monoisotopic (exact) mass is 471 g/mol. The third-order valence-corrected chi connectivity index (χ3v) is 6.86. The van der Waals surface area contributed by atoms with Crippen molar-refractivity contribution in [3.63, 3.8) is 0 Å². The van der Waals surface area contributed by atoms with Crippen molar-refractivity contribution in [3.05, 3.63) is 71.9 Å². The van der Waals surface area contributed by atoms with E-state index in [0.29, 0.717) is 18.4 Å². The summed E-state index contributed by atoms with van der Waals surface area (Å²) in [5.41, 5.74) is 4.74. The number of hydrogen-bond donors (Lipinski definition) is 1. The predicted molar refractivity (Wildman–Crippen MR) is 137 cm³/mol. The average Bonchev–Trinajstić information content (AvgIpc) is 3.51. The highest BCUT2D eigenvalue weighted by Crippen LogP contribution is 2.29. The van der Waals surface area contributed by atoms with E-state index in [4.69, 9.17) is 5.10 Å². The van der Waals surface area contributed by atoms with Crippen molar-refractivity contribution in [2.75, 3.05) is 24.5 Å². The van der Waals surface area contributed by atoms with Crippen molar-refractivity contribution in [2.45, 2.75) is 52.1 Å². The van der Waals surface area contributed by atoms with E-state index in [0.717, 1.165) is 31.6 Å². The maximum atomic E-state index is 13.2. The van der Waals surface area contributed by atoms with Crippen LogP contribution in [0.25, 0.3) is 10.9 Å². The molecule has 5 rings (SSSR count). The van der Waals surface area contributed by atoms with E-state index in [9.17, 15) is 4.79 Å². The smallest absolute Gasteiger partial charge is 0.230 e. The van der Waals surface area contributed by atoms with Crippen LogP contribution in [0.5, 0.6) is 0 Å². The Morgan fingerprint density at radius 1 is 1.14 bits per heavy atom. The van der Waals surface area contributed by atoms with Crippen LogP contribution in [0, 0.1) is 0 Å². The molecule has 8 heteroatoms. The zero-order valence-corrected chi connectivity index (χ0v) is 20.7. The molecule has 1 unspecified atom stereocenters. The number of piperazine rings is 1. The number of benzene rings is 2. The summed E-state index contributed by atoms with van der Waals surface area (Å²) in [7, 11) is 0. The zero-order valence-electron chi connectivity index (χ0n) is 20.7. The lowest BCUT2D eigenvalue weighted by molar-refractivity contribution is -0.133. The summed E-state index contributed by atoms with van der Waals surface area (Å²) in [4.78, 5) is 21.8. The minimum Gasteiger partial charge on any atom is -0.368 e. The van der Waals surface area contributed by atoms with Crippen molar-refractivity contribution in [1.29, 1.82) is 0 Å². The van der Waals surface area contributed by atoms with Gasteiger partial charge in [0.1, 0.15) is 12.2 Å². The maximum absolute atomic E-state index is 13.2. The molecule has 1 aliphatic rings. The van der Waals surface area contributed by atoms with E-state index in [1.54, 1.807) is 0 Å². The van der Waals surface area contributed by atoms with Gasteiger partial charge in [-0.3, -0.25) is 14.6 Å². The molecule has 8 nitrogen and oxygen atoms in total. The summed E-state index contributed by atoms with van der Waals surface area (Å²) in [6.07, 6.45) is 3.42. The van der Waals surface area contributed by atoms with Gasteiger partial charge in [0.05, 0.1) is 23.7 Å². The number of hydrogen-bond acceptors (Lipinski definition) is 5. The molecule has 1 atom stereocenters. The van der Waals surface area contributed by atoms with Gasteiger partial charge in [0.2, 0.25) is 5.91 Å². The van der Waals surface area contributed by atoms with Crippen LogP contribution < -0.4 is 4.90 Å². The van der Waals surface area contributed by atoms with Crippen molar-refractivity contribution < 1.29 is 4.79 Å². The highest BCUT2D eigenvalue weighted by Gasteiger charge is 2.31. The SMILES string of the molecule is CCc1nn(C(C)C)c2cc(N3CCN(C(=O)Cc4ncn[nH]4)C(Cc4ccccc4)C3)ccc12. The Morgan fingerprint density at radius 2 is 1.97 bits per heavy atom. The van der Waals surface area contributed by atoms with Gasteiger partial charge in [0, 0.05) is 36.7 Å². The number of aromatic amines is 1. The highest BCUT2D eigenvalue weighted by molar-refractivity contribution is 5.86. The fraction of sp³-hybridized carbons (Fsp3) is 0.407. The van der Waals surface area contributed by atoms with Crippen LogP contribution in [0.1, 0.15) is 43.9 Å². The summed E-state index contributed by atoms with van der Waals surface area (Å²) >= 11 is 0. The number of carbonyl (C=O) groups excluding carboxylic acids is 1. The van der Waals surface area contributed by atoms with Gasteiger partial charge in [-0.2, -0.15) is 10.2 Å². The van der Waals surface area contributed by atoms with E-state index in [1.165, 1.54) is 28.5 Å². The predicted octanol–water partition coefficient (Wildman–Crippen LogP) is 3.80. The molecule has 1 saturated heterocycles. The lowest BCUT2D eigenvalue weighted by atomic mass is 10.0. The number of nitrogens with one attached hydrogen (secondary N) is 1. The molecule has 0 aliphatic carbocycles. The average molecular weight is 472 g/mol. The van der Waals surface area contributed by atoms with Crippen LogP contribution >= 0.6 is 0 Å². The Labute approximate surface area is 206 Å². The van der Waals surface area contributed by atoms with E-state index in [2.05, 4.69) is 88.0 Å². The molecule has 1 fully saturated rings. The van der Waals surface area contributed by atoms with Gasteiger partial charge >= 0.3 is 0 Å². The molecular formula is C27H33N7O. The van der Waals surface area contributed by atoms with Gasteiger partial charge < -0.3 is 9.80 Å². The summed E-state index contributed by atoms with van der Waals surface area (Å²) < 4.78 is 2.14. The number of rotatable bonds is 7. The van der Waals surface area contributed by atoms with Crippen LogP contribution in [-0.2, 0) is 24.1 Å². The first kappa shape index (κ1) is 23.1. The van der Waals surface area contributed by atoms with Crippen molar-refractivity contribution in [2.24, 2.45) is 0 Å². The Bertz CT molecular complexity index is 1280. The van der Waals surface area contributed by atoms with E-state index in [1.807, 2.05) is 11.0 Å². The standard InChI is InChI=1S/C27H33N7O/c1-4-24-23-11-10-21(15-25(23)34(31-24)19(2)3)32-12-13-33(27(35)16-26-28-18-29-30-26)22(17-32)14-20-8-6-5-7-9-20/h5-11,15,18-19,22H,4,12-14,16-17H2,1-3H3,(H,28,29,30). The molecule has 0 spiro atoms. The fourth-order valence-electron chi connectivity index (χ4n) is 5.08. The lowest BCUT2D eigenvalue weighted by Gasteiger charge is -2.42. The molecule has 182 valence electrons. The third kappa shape index (κ3) is 4.78. The van der Waals surface area contributed by atoms with Crippen LogP contribution in [0.4, 0.5) is 5.69 Å². The zero-order chi connectivity index (χ0) is 24.4. The number of H-pyrrole nitrogens is 1. The number of aryl methyl sites for hydroxylation is 1. The van der Waals surface area contributed by atoms with Crippen LogP contribution in [0.15, 0.2) is 54.9 Å². The number of aromatic nitrogens is 5. The molecule has 1 N–H and O–H groups in total. The van der Waals surface area contributed by atoms with Gasteiger partial charge in [-0.15, -0.1) is 0 Å². The van der Waals surface area contributed by atoms with Crippen LogP contribution in [0.2, 0.25) is 0 Å². The van der Waals surface area contributed by atoms with Crippen molar-refractivity contribution >= 4 is 22.5 Å². The quantitative estimate of drug-likeness (QED) is 0.443. The molecule has 35 heavy (non-hydrogen) atoms. The molecule has 0 bridgehead atoms. The molecule has 3 heterocycles. The van der Waals surface area contributed by atoms with Gasteiger partial charge in [-0.25, -0.2) is 4.98 Å². The Hall–Kier alpha value is -3.68. The molecule has 0 saturated carbocycles. The molecular weight excluding hydrogens is 438 g/mol. The topological polar surface area (TPSA) is 82.9 Å². The minimum absolute atomic E-state index is 0.0680.